The number of hydrogen-bond donors (Lipinski definition) is 1. The lowest BCUT2D eigenvalue weighted by Crippen LogP contribution is -2.36. The Hall–Kier alpha value is -4.24. The van der Waals surface area contributed by atoms with Crippen LogP contribution in [0.1, 0.15) is 28.4 Å². The summed E-state index contributed by atoms with van der Waals surface area (Å²) >= 11 is 0. The quantitative estimate of drug-likeness (QED) is 0.286. The van der Waals surface area contributed by atoms with Gasteiger partial charge in [-0.1, -0.05) is 29.8 Å². The number of rotatable bonds is 8. The van der Waals surface area contributed by atoms with E-state index in [1.165, 1.54) is 5.56 Å². The van der Waals surface area contributed by atoms with Crippen molar-refractivity contribution >= 4 is 34.5 Å². The SMILES string of the molecule is CC(=O)n1cc(CCOc2cc(N3CCOCC3)cc(N/N=C/c3cccc(C)c3)n2)c2cnccc21. The second-order valence-corrected chi connectivity index (χ2v) is 8.97. The van der Waals surface area contributed by atoms with E-state index in [1.54, 1.807) is 30.1 Å². The number of pyridine rings is 2. The number of carbonyl (C=O) groups is 1. The molecule has 3 aromatic heterocycles. The zero-order chi connectivity index (χ0) is 25.6. The van der Waals surface area contributed by atoms with Crippen molar-refractivity contribution in [1.29, 1.82) is 0 Å². The molecule has 9 heteroatoms. The third kappa shape index (κ3) is 5.95. The smallest absolute Gasteiger partial charge is 0.227 e. The van der Waals surface area contributed by atoms with Crippen LogP contribution in [0.25, 0.3) is 10.9 Å². The lowest BCUT2D eigenvalue weighted by molar-refractivity contribution is 0.0941. The number of hydrazone groups is 1. The Morgan fingerprint density at radius 1 is 1.22 bits per heavy atom. The van der Waals surface area contributed by atoms with Crippen molar-refractivity contribution in [2.24, 2.45) is 5.10 Å². The van der Waals surface area contributed by atoms with Crippen molar-refractivity contribution in [3.05, 3.63) is 77.7 Å². The summed E-state index contributed by atoms with van der Waals surface area (Å²) < 4.78 is 13.3. The van der Waals surface area contributed by atoms with Gasteiger partial charge in [0.2, 0.25) is 11.8 Å². The molecule has 190 valence electrons. The highest BCUT2D eigenvalue weighted by Crippen LogP contribution is 2.26. The van der Waals surface area contributed by atoms with E-state index in [1.807, 2.05) is 36.5 Å². The summed E-state index contributed by atoms with van der Waals surface area (Å²) in [5.41, 5.74) is 8.09. The minimum Gasteiger partial charge on any atom is -0.477 e. The second-order valence-electron chi connectivity index (χ2n) is 8.97. The number of anilines is 2. The molecule has 4 aromatic rings. The highest BCUT2D eigenvalue weighted by molar-refractivity contribution is 5.93. The number of nitrogens with one attached hydrogen (secondary N) is 1. The molecular weight excluding hydrogens is 468 g/mol. The van der Waals surface area contributed by atoms with Crippen molar-refractivity contribution in [3.8, 4) is 5.88 Å². The Morgan fingerprint density at radius 2 is 2.08 bits per heavy atom. The van der Waals surface area contributed by atoms with Crippen LogP contribution in [0.4, 0.5) is 11.5 Å². The average molecular weight is 499 g/mol. The molecule has 0 atom stereocenters. The normalized spacial score (nSPS) is 13.8. The Balaban J connectivity index is 1.33. The molecule has 0 unspecified atom stereocenters. The number of aromatic nitrogens is 3. The van der Waals surface area contributed by atoms with Gasteiger partial charge < -0.3 is 14.4 Å². The van der Waals surface area contributed by atoms with Crippen LogP contribution < -0.4 is 15.1 Å². The molecule has 0 bridgehead atoms. The first-order valence-corrected chi connectivity index (χ1v) is 12.3. The third-order valence-corrected chi connectivity index (χ3v) is 6.25. The van der Waals surface area contributed by atoms with E-state index in [9.17, 15) is 4.79 Å². The number of hydrogen-bond acceptors (Lipinski definition) is 8. The molecule has 1 saturated heterocycles. The lowest BCUT2D eigenvalue weighted by Gasteiger charge is -2.29. The summed E-state index contributed by atoms with van der Waals surface area (Å²) in [5.74, 6) is 1.07. The van der Waals surface area contributed by atoms with Gasteiger partial charge in [0.1, 0.15) is 0 Å². The van der Waals surface area contributed by atoms with E-state index in [4.69, 9.17) is 9.47 Å². The van der Waals surface area contributed by atoms with E-state index in [2.05, 4.69) is 44.5 Å². The van der Waals surface area contributed by atoms with Crippen molar-refractivity contribution in [1.82, 2.24) is 14.5 Å². The van der Waals surface area contributed by atoms with Crippen LogP contribution in [0.5, 0.6) is 5.88 Å². The molecule has 4 heterocycles. The van der Waals surface area contributed by atoms with E-state index in [-0.39, 0.29) is 5.91 Å². The van der Waals surface area contributed by atoms with Crippen LogP contribution in [0, 0.1) is 6.92 Å². The summed E-state index contributed by atoms with van der Waals surface area (Å²) in [5, 5.41) is 5.33. The molecule has 1 N–H and O–H groups in total. The number of nitrogens with zero attached hydrogens (tertiary/aromatic N) is 5. The Bertz CT molecular complexity index is 1420. The van der Waals surface area contributed by atoms with E-state index in [0.717, 1.165) is 40.8 Å². The van der Waals surface area contributed by atoms with Gasteiger partial charge in [-0.3, -0.25) is 19.8 Å². The molecule has 1 aliphatic heterocycles. The summed E-state index contributed by atoms with van der Waals surface area (Å²) in [6.45, 7) is 6.97. The molecule has 0 radical (unpaired) electrons. The minimum absolute atomic E-state index is 0.0369. The van der Waals surface area contributed by atoms with Gasteiger partial charge in [0.15, 0.2) is 5.82 Å². The topological polar surface area (TPSA) is 93.9 Å². The molecular formula is C28H30N6O3. The van der Waals surface area contributed by atoms with Crippen LogP contribution >= 0.6 is 0 Å². The van der Waals surface area contributed by atoms with Gasteiger partial charge in [0.05, 0.1) is 31.6 Å². The first-order chi connectivity index (χ1) is 18.1. The van der Waals surface area contributed by atoms with Gasteiger partial charge in [-0.15, -0.1) is 0 Å². The maximum Gasteiger partial charge on any atom is 0.227 e. The first-order valence-electron chi connectivity index (χ1n) is 12.3. The number of aryl methyl sites for hydroxylation is 1. The van der Waals surface area contributed by atoms with Gasteiger partial charge in [-0.2, -0.15) is 10.1 Å². The Morgan fingerprint density at radius 3 is 2.89 bits per heavy atom. The average Bonchev–Trinajstić information content (AvgIpc) is 3.28. The molecule has 1 fully saturated rings. The van der Waals surface area contributed by atoms with E-state index < -0.39 is 0 Å². The fourth-order valence-corrected chi connectivity index (χ4v) is 4.42. The molecule has 1 aromatic carbocycles. The van der Waals surface area contributed by atoms with Crippen LogP contribution in [-0.4, -0.2) is 59.6 Å². The molecule has 37 heavy (non-hydrogen) atoms. The maximum absolute atomic E-state index is 12.1. The molecule has 0 saturated carbocycles. The van der Waals surface area contributed by atoms with Crippen molar-refractivity contribution in [2.45, 2.75) is 20.3 Å². The lowest BCUT2D eigenvalue weighted by atomic mass is 10.2. The fraction of sp³-hybridized carbons (Fsp3) is 0.286. The van der Waals surface area contributed by atoms with E-state index >= 15 is 0 Å². The summed E-state index contributed by atoms with van der Waals surface area (Å²) in [6.07, 6.45) is 7.73. The minimum atomic E-state index is -0.0369. The largest absolute Gasteiger partial charge is 0.477 e. The van der Waals surface area contributed by atoms with Gasteiger partial charge in [0.25, 0.3) is 0 Å². The highest BCUT2D eigenvalue weighted by Gasteiger charge is 2.15. The number of morpholine rings is 1. The molecule has 0 amide bonds. The Labute approximate surface area is 215 Å². The van der Waals surface area contributed by atoms with Crippen LogP contribution in [0.3, 0.4) is 0 Å². The van der Waals surface area contributed by atoms with Crippen molar-refractivity contribution in [3.63, 3.8) is 0 Å². The summed E-state index contributed by atoms with van der Waals surface area (Å²) in [4.78, 5) is 23.2. The monoisotopic (exact) mass is 498 g/mol. The molecule has 5 rings (SSSR count). The summed E-state index contributed by atoms with van der Waals surface area (Å²) in [6, 6.07) is 13.9. The van der Waals surface area contributed by atoms with Gasteiger partial charge in [-0.25, -0.2) is 0 Å². The molecule has 0 spiro atoms. The van der Waals surface area contributed by atoms with Crippen molar-refractivity contribution in [2.75, 3.05) is 43.2 Å². The number of fused-ring (bicyclic) bond motifs is 1. The first kappa shape index (κ1) is 24.5. The zero-order valence-electron chi connectivity index (χ0n) is 21.1. The zero-order valence-corrected chi connectivity index (χ0v) is 21.1. The molecule has 0 aliphatic carbocycles. The van der Waals surface area contributed by atoms with Gasteiger partial charge >= 0.3 is 0 Å². The highest BCUT2D eigenvalue weighted by atomic mass is 16.5. The molecule has 1 aliphatic rings. The van der Waals surface area contributed by atoms with Gasteiger partial charge in [0, 0.05) is 68.2 Å². The third-order valence-electron chi connectivity index (χ3n) is 6.25. The van der Waals surface area contributed by atoms with E-state index in [0.29, 0.717) is 37.9 Å². The second kappa shape index (κ2) is 11.2. The standard InChI is InChI=1S/C28H30N6O3/c1-20-4-3-5-22(14-20)17-30-32-27-15-24(33-9-12-36-13-10-33)16-28(31-27)37-11-7-23-19-34(21(2)35)26-6-8-29-18-25(23)26/h3-6,8,14-19H,7,9-13H2,1-2H3,(H,31,32)/b30-17+. The molecule has 9 nitrogen and oxygen atoms in total. The predicted octanol–water partition coefficient (Wildman–Crippen LogP) is 4.30. The summed E-state index contributed by atoms with van der Waals surface area (Å²) in [7, 11) is 0. The Kier molecular flexibility index (Phi) is 7.41. The number of ether oxygens (including phenoxy) is 2. The van der Waals surface area contributed by atoms with Crippen LogP contribution in [-0.2, 0) is 11.2 Å². The van der Waals surface area contributed by atoms with Gasteiger partial charge in [-0.05, 0) is 24.1 Å². The fourth-order valence-electron chi connectivity index (χ4n) is 4.42. The van der Waals surface area contributed by atoms with Crippen LogP contribution in [0.15, 0.2) is 66.2 Å². The van der Waals surface area contributed by atoms with Crippen molar-refractivity contribution < 1.29 is 14.3 Å². The number of carbonyl (C=O) groups excluding carboxylic acids is 1. The number of benzene rings is 1. The van der Waals surface area contributed by atoms with Crippen LogP contribution in [0.2, 0.25) is 0 Å². The maximum atomic E-state index is 12.1. The predicted molar refractivity (Wildman–Crippen MR) is 145 cm³/mol.